The van der Waals surface area contributed by atoms with E-state index in [1.165, 1.54) is 5.56 Å². The zero-order valence-corrected chi connectivity index (χ0v) is 12.9. The Balaban J connectivity index is 1.99. The van der Waals surface area contributed by atoms with E-state index in [1.807, 2.05) is 42.6 Å². The Labute approximate surface area is 133 Å². The molecule has 3 rings (SSSR count). The second-order valence-corrected chi connectivity index (χ2v) is 5.71. The molecule has 5 heteroatoms. The van der Waals surface area contributed by atoms with Crippen LogP contribution in [0.15, 0.2) is 72.7 Å². The highest BCUT2D eigenvalue weighted by atomic mass is 32.2. The molecule has 2 heterocycles. The maximum absolute atomic E-state index is 4.35. The van der Waals surface area contributed by atoms with Crippen LogP contribution in [0.1, 0.15) is 5.56 Å². The molecule has 0 bridgehead atoms. The fourth-order valence-corrected chi connectivity index (χ4v) is 2.82. The summed E-state index contributed by atoms with van der Waals surface area (Å²) < 4.78 is 2.13. The molecule has 0 unspecified atom stereocenters. The van der Waals surface area contributed by atoms with Crippen molar-refractivity contribution in [2.24, 2.45) is 0 Å². The zero-order chi connectivity index (χ0) is 15.2. The molecule has 3 aromatic rings. The summed E-state index contributed by atoms with van der Waals surface area (Å²) in [5, 5.41) is 9.57. The van der Waals surface area contributed by atoms with Crippen LogP contribution in [0.5, 0.6) is 0 Å². The fraction of sp³-hybridized carbons (Fsp3) is 0.118. The summed E-state index contributed by atoms with van der Waals surface area (Å²) in [4.78, 5) is 4.18. The second-order valence-electron chi connectivity index (χ2n) is 4.72. The molecule has 0 saturated heterocycles. The third kappa shape index (κ3) is 3.26. The molecule has 0 fully saturated rings. The fourth-order valence-electron chi connectivity index (χ4n) is 2.15. The second kappa shape index (κ2) is 7.04. The van der Waals surface area contributed by atoms with Crippen molar-refractivity contribution in [1.82, 2.24) is 19.7 Å². The van der Waals surface area contributed by atoms with Crippen molar-refractivity contribution in [3.05, 3.63) is 73.1 Å². The first kappa shape index (κ1) is 14.5. The van der Waals surface area contributed by atoms with Crippen LogP contribution in [0.4, 0.5) is 0 Å². The van der Waals surface area contributed by atoms with Crippen LogP contribution < -0.4 is 0 Å². The summed E-state index contributed by atoms with van der Waals surface area (Å²) >= 11 is 1.63. The SMILES string of the molecule is C=CCSc1nnc(-c2cccnc2)n1Cc1ccccc1. The number of benzene rings is 1. The van der Waals surface area contributed by atoms with Gasteiger partial charge in [0.15, 0.2) is 11.0 Å². The van der Waals surface area contributed by atoms with Crippen LogP contribution >= 0.6 is 11.8 Å². The highest BCUT2D eigenvalue weighted by Crippen LogP contribution is 2.24. The maximum atomic E-state index is 4.35. The average Bonchev–Trinajstić information content (AvgIpc) is 2.97. The molecule has 0 spiro atoms. The number of hydrogen-bond acceptors (Lipinski definition) is 4. The summed E-state index contributed by atoms with van der Waals surface area (Å²) in [5.74, 6) is 1.64. The van der Waals surface area contributed by atoms with E-state index in [0.717, 1.165) is 28.8 Å². The minimum Gasteiger partial charge on any atom is -0.297 e. The van der Waals surface area contributed by atoms with E-state index >= 15 is 0 Å². The van der Waals surface area contributed by atoms with Gasteiger partial charge in [-0.05, 0) is 17.7 Å². The number of hydrogen-bond donors (Lipinski definition) is 0. The van der Waals surface area contributed by atoms with Crippen LogP contribution in [0, 0.1) is 0 Å². The normalized spacial score (nSPS) is 10.5. The molecule has 0 aliphatic carbocycles. The first-order valence-electron chi connectivity index (χ1n) is 6.99. The Morgan fingerprint density at radius 1 is 1.09 bits per heavy atom. The van der Waals surface area contributed by atoms with Gasteiger partial charge in [0.25, 0.3) is 0 Å². The lowest BCUT2D eigenvalue weighted by Crippen LogP contribution is -2.04. The van der Waals surface area contributed by atoms with Gasteiger partial charge >= 0.3 is 0 Å². The molecule has 0 amide bonds. The largest absolute Gasteiger partial charge is 0.297 e. The number of pyridine rings is 1. The molecule has 110 valence electrons. The van der Waals surface area contributed by atoms with Crippen LogP contribution in [-0.4, -0.2) is 25.5 Å². The van der Waals surface area contributed by atoms with Crippen LogP contribution in [0.3, 0.4) is 0 Å². The van der Waals surface area contributed by atoms with E-state index in [9.17, 15) is 0 Å². The van der Waals surface area contributed by atoms with Gasteiger partial charge < -0.3 is 0 Å². The number of nitrogens with zero attached hydrogens (tertiary/aromatic N) is 4. The van der Waals surface area contributed by atoms with Gasteiger partial charge in [-0.2, -0.15) is 0 Å². The molecular weight excluding hydrogens is 292 g/mol. The van der Waals surface area contributed by atoms with Crippen molar-refractivity contribution in [1.29, 1.82) is 0 Å². The third-order valence-electron chi connectivity index (χ3n) is 3.15. The van der Waals surface area contributed by atoms with Gasteiger partial charge in [-0.25, -0.2) is 0 Å². The summed E-state index contributed by atoms with van der Waals surface area (Å²) in [7, 11) is 0. The summed E-state index contributed by atoms with van der Waals surface area (Å²) in [6.45, 7) is 4.50. The molecule has 0 radical (unpaired) electrons. The van der Waals surface area contributed by atoms with Crippen molar-refractivity contribution in [3.8, 4) is 11.4 Å². The number of aromatic nitrogens is 4. The zero-order valence-electron chi connectivity index (χ0n) is 12.1. The van der Waals surface area contributed by atoms with E-state index in [2.05, 4.69) is 38.5 Å². The Bertz CT molecular complexity index is 738. The summed E-state index contributed by atoms with van der Waals surface area (Å²) in [5.41, 5.74) is 2.18. The highest BCUT2D eigenvalue weighted by molar-refractivity contribution is 7.99. The first-order valence-corrected chi connectivity index (χ1v) is 7.98. The lowest BCUT2D eigenvalue weighted by molar-refractivity contribution is 0.715. The molecular formula is C17H16N4S. The van der Waals surface area contributed by atoms with Gasteiger partial charge in [0.05, 0.1) is 6.54 Å². The average molecular weight is 308 g/mol. The quantitative estimate of drug-likeness (QED) is 0.515. The van der Waals surface area contributed by atoms with Crippen molar-refractivity contribution in [2.45, 2.75) is 11.7 Å². The standard InChI is InChI=1S/C17H16N4S/c1-2-11-22-17-20-19-16(15-9-6-10-18-12-15)21(17)13-14-7-4-3-5-8-14/h2-10,12H,1,11,13H2. The van der Waals surface area contributed by atoms with Crippen molar-refractivity contribution in [2.75, 3.05) is 5.75 Å². The van der Waals surface area contributed by atoms with Gasteiger partial charge in [0, 0.05) is 23.7 Å². The van der Waals surface area contributed by atoms with Crippen molar-refractivity contribution in [3.63, 3.8) is 0 Å². The molecule has 0 saturated carbocycles. The Kier molecular flexibility index (Phi) is 4.65. The summed E-state index contributed by atoms with van der Waals surface area (Å²) in [6, 6.07) is 14.2. The van der Waals surface area contributed by atoms with Gasteiger partial charge in [0.1, 0.15) is 0 Å². The predicted molar refractivity (Wildman–Crippen MR) is 89.7 cm³/mol. The molecule has 4 nitrogen and oxygen atoms in total. The van der Waals surface area contributed by atoms with E-state index in [4.69, 9.17) is 0 Å². The van der Waals surface area contributed by atoms with Crippen LogP contribution in [0.2, 0.25) is 0 Å². The van der Waals surface area contributed by atoms with E-state index < -0.39 is 0 Å². The molecule has 0 aliphatic heterocycles. The van der Waals surface area contributed by atoms with Crippen LogP contribution in [0.25, 0.3) is 11.4 Å². The van der Waals surface area contributed by atoms with Crippen LogP contribution in [-0.2, 0) is 6.54 Å². The lowest BCUT2D eigenvalue weighted by Gasteiger charge is -2.09. The minimum absolute atomic E-state index is 0.734. The first-order chi connectivity index (χ1) is 10.9. The van der Waals surface area contributed by atoms with E-state index in [0.29, 0.717) is 0 Å². The summed E-state index contributed by atoms with van der Waals surface area (Å²) in [6.07, 6.45) is 5.44. The predicted octanol–water partition coefficient (Wildman–Crippen LogP) is 3.67. The van der Waals surface area contributed by atoms with Gasteiger partial charge in [-0.1, -0.05) is 48.2 Å². The highest BCUT2D eigenvalue weighted by Gasteiger charge is 2.14. The molecule has 22 heavy (non-hydrogen) atoms. The molecule has 0 N–H and O–H groups in total. The Hall–Kier alpha value is -2.40. The monoisotopic (exact) mass is 308 g/mol. The Morgan fingerprint density at radius 2 is 1.95 bits per heavy atom. The third-order valence-corrected chi connectivity index (χ3v) is 4.11. The Morgan fingerprint density at radius 3 is 2.68 bits per heavy atom. The smallest absolute Gasteiger partial charge is 0.192 e. The van der Waals surface area contributed by atoms with E-state index in [-0.39, 0.29) is 0 Å². The molecule has 1 aromatic carbocycles. The number of rotatable bonds is 6. The number of thioether (sulfide) groups is 1. The maximum Gasteiger partial charge on any atom is 0.192 e. The lowest BCUT2D eigenvalue weighted by atomic mass is 10.2. The van der Waals surface area contributed by atoms with E-state index in [1.54, 1.807) is 18.0 Å². The molecule has 2 aromatic heterocycles. The molecule has 0 atom stereocenters. The van der Waals surface area contributed by atoms with Crippen molar-refractivity contribution < 1.29 is 0 Å². The van der Waals surface area contributed by atoms with Gasteiger partial charge in [0.2, 0.25) is 0 Å². The topological polar surface area (TPSA) is 43.6 Å². The van der Waals surface area contributed by atoms with Gasteiger partial charge in [-0.15, -0.1) is 16.8 Å². The minimum atomic E-state index is 0.734. The van der Waals surface area contributed by atoms with Gasteiger partial charge in [-0.3, -0.25) is 9.55 Å². The van der Waals surface area contributed by atoms with Crippen molar-refractivity contribution >= 4 is 11.8 Å². The molecule has 0 aliphatic rings.